The Labute approximate surface area is 453 Å². The third kappa shape index (κ3) is 12.3. The lowest BCUT2D eigenvalue weighted by Crippen LogP contribution is -2.54. The summed E-state index contributed by atoms with van der Waals surface area (Å²) in [6.07, 6.45) is 3.26. The largest absolute Gasteiger partial charge is 0.507 e. The molecule has 21 heteroatoms. The fraction of sp³-hybridized carbons (Fsp3) is 0.482. The maximum Gasteiger partial charge on any atom is 0.254 e. The highest BCUT2D eigenvalue weighted by atomic mass is 32.1. The highest BCUT2D eigenvalue weighted by molar-refractivity contribution is 7.13. The molecule has 0 aliphatic carbocycles. The molecule has 0 spiro atoms. The molecular formula is C56H71N13O7S. The van der Waals surface area contributed by atoms with Crippen molar-refractivity contribution in [2.75, 3.05) is 102 Å². The molecule has 4 fully saturated rings. The van der Waals surface area contributed by atoms with Gasteiger partial charge in [0.1, 0.15) is 30.9 Å². The van der Waals surface area contributed by atoms with Crippen molar-refractivity contribution in [1.29, 1.82) is 0 Å². The second-order valence-electron chi connectivity index (χ2n) is 21.4. The summed E-state index contributed by atoms with van der Waals surface area (Å²) in [4.78, 5) is 51.5. The zero-order valence-electron chi connectivity index (χ0n) is 44.6. The van der Waals surface area contributed by atoms with E-state index < -0.39 is 18.1 Å². The van der Waals surface area contributed by atoms with E-state index in [0.717, 1.165) is 98.3 Å². The number of benzene rings is 2. The number of fused-ring (bicyclic) bond motifs is 2. The number of aliphatic hydroxyl groups excluding tert-OH is 1. The van der Waals surface area contributed by atoms with Crippen LogP contribution in [0.3, 0.4) is 0 Å². The maximum absolute atomic E-state index is 14.3. The average Bonchev–Trinajstić information content (AvgIpc) is 4.24. The van der Waals surface area contributed by atoms with E-state index >= 15 is 0 Å². The number of nitrogens with two attached hydrogens (primary N) is 1. The summed E-state index contributed by atoms with van der Waals surface area (Å²) >= 11 is 1.61. The smallest absolute Gasteiger partial charge is 0.254 e. The van der Waals surface area contributed by atoms with Crippen molar-refractivity contribution in [3.8, 4) is 39.2 Å². The van der Waals surface area contributed by atoms with Crippen molar-refractivity contribution < 1.29 is 33.8 Å². The van der Waals surface area contributed by atoms with Crippen molar-refractivity contribution in [3.05, 3.63) is 102 Å². The van der Waals surface area contributed by atoms with Crippen LogP contribution in [-0.4, -0.2) is 177 Å². The zero-order valence-corrected chi connectivity index (χ0v) is 45.4. The van der Waals surface area contributed by atoms with E-state index in [9.17, 15) is 19.8 Å². The number of nitrogen functional groups attached to an aromatic ring is 1. The first-order valence-electron chi connectivity index (χ1n) is 26.8. The molecule has 10 rings (SSSR count). The number of aliphatic hydroxyl groups is 1. The number of carbonyl (C=O) groups excluding carboxylic acids is 2. The van der Waals surface area contributed by atoms with E-state index in [-0.39, 0.29) is 54.6 Å². The van der Waals surface area contributed by atoms with Crippen LogP contribution in [0.5, 0.6) is 17.5 Å². The number of pyridine rings is 1. The van der Waals surface area contributed by atoms with Crippen LogP contribution >= 0.6 is 11.3 Å². The fourth-order valence-corrected chi connectivity index (χ4v) is 12.2. The van der Waals surface area contributed by atoms with E-state index in [1.54, 1.807) is 29.5 Å². The fourth-order valence-electron chi connectivity index (χ4n) is 11.4. The number of ether oxygens (including phenoxy) is 2. The number of rotatable bonds is 20. The van der Waals surface area contributed by atoms with Gasteiger partial charge in [0.2, 0.25) is 17.7 Å². The lowest BCUT2D eigenvalue weighted by atomic mass is 9.91. The first-order chi connectivity index (χ1) is 37.3. The van der Waals surface area contributed by atoms with Gasteiger partial charge >= 0.3 is 0 Å². The molecule has 2 amide bonds. The van der Waals surface area contributed by atoms with E-state index in [1.165, 1.54) is 4.90 Å². The molecule has 6 atom stereocenters. The molecule has 20 nitrogen and oxygen atoms in total. The molecule has 6 aromatic rings. The van der Waals surface area contributed by atoms with Gasteiger partial charge in [-0.25, -0.2) is 9.97 Å². The normalized spacial score (nSPS) is 20.8. The quantitative estimate of drug-likeness (QED) is 0.0739. The minimum atomic E-state index is -0.839. The number of carbonyl (C=O) groups is 2. The summed E-state index contributed by atoms with van der Waals surface area (Å²) in [5.74, 6) is 0.282. The zero-order chi connectivity index (χ0) is 53.7. The lowest BCUT2D eigenvalue weighted by Gasteiger charge is -2.43. The molecule has 4 aliphatic heterocycles. The summed E-state index contributed by atoms with van der Waals surface area (Å²) in [5.41, 5.74) is 14.4. The average molecular weight is 1070 g/mol. The Kier molecular flexibility index (Phi) is 16.5. The number of hydrogen-bond donors (Lipinski definition) is 4. The number of thiazole rings is 1. The number of hydrogen-bond acceptors (Lipinski definition) is 19. The van der Waals surface area contributed by atoms with Crippen molar-refractivity contribution in [3.63, 3.8) is 0 Å². The Morgan fingerprint density at radius 3 is 2.27 bits per heavy atom. The first-order valence-corrected chi connectivity index (χ1v) is 27.7. The lowest BCUT2D eigenvalue weighted by molar-refractivity contribution is -0.141. The van der Waals surface area contributed by atoms with Gasteiger partial charge in [0.05, 0.1) is 39.6 Å². The number of aromatic hydroxyl groups is 1. The van der Waals surface area contributed by atoms with Crippen LogP contribution in [0.2, 0.25) is 0 Å². The predicted molar refractivity (Wildman–Crippen MR) is 295 cm³/mol. The number of piperazine rings is 2. The summed E-state index contributed by atoms with van der Waals surface area (Å²) < 4.78 is 18.0. The second kappa shape index (κ2) is 23.8. The second-order valence-corrected chi connectivity index (χ2v) is 22.2. The van der Waals surface area contributed by atoms with Gasteiger partial charge in [-0.15, -0.1) is 21.5 Å². The molecule has 0 saturated carbocycles. The third-order valence-electron chi connectivity index (χ3n) is 15.4. The van der Waals surface area contributed by atoms with Crippen LogP contribution in [-0.2, 0) is 16.1 Å². The van der Waals surface area contributed by atoms with E-state index in [0.29, 0.717) is 54.4 Å². The number of β-amino-alcohol motifs (C(OH)–C–C–N with tert-alkyl or cyclic N) is 1. The van der Waals surface area contributed by atoms with Gasteiger partial charge in [-0.1, -0.05) is 50.2 Å². The van der Waals surface area contributed by atoms with E-state index in [4.69, 9.17) is 19.7 Å². The molecule has 0 radical (unpaired) electrons. The number of aromatic nitrogens is 5. The Morgan fingerprint density at radius 1 is 0.883 bits per heavy atom. The highest BCUT2D eigenvalue weighted by Gasteiger charge is 2.44. The number of phenolic OH excluding ortho intramolecular Hbond substituents is 1. The first kappa shape index (κ1) is 53.5. The number of phenols is 1. The van der Waals surface area contributed by atoms with Crippen LogP contribution in [0.15, 0.2) is 89.0 Å². The number of nitrogens with one attached hydrogen (secondary N) is 1. The Balaban J connectivity index is 0.655. The Hall–Kier alpha value is -6.91. The molecule has 4 saturated heterocycles. The van der Waals surface area contributed by atoms with Gasteiger partial charge in [-0.05, 0) is 80.3 Å². The molecule has 4 aliphatic rings. The monoisotopic (exact) mass is 1070 g/mol. The topological polar surface area (TPSA) is 228 Å². The standard InChI is InChI=1S/C56H71N13O7S/c1-35(2)52(56(73)68-32-42(70)27-47(68)55(72)60-36(3)37-10-12-38(13-11-37)53-45(33-64(4)5)59-34-77-53)49-29-51(63-76-49)75-25-23-66-20-18-65(19-21-66)22-24-74-50-26-39(16-17-58-50)69-40-14-15-41(69)31-67(30-40)46-28-44(61-62-54(46)57)43-8-6-7-9-48(43)71/h6-13,16-17,26,28-29,34-36,40-42,47,52,70-71H,14-15,18-25,27,30-33H2,1-5H3,(H2,57,62)(H,60,72)/t36-,40?,41?,42+,47-,52?/m0/s1. The van der Waals surface area contributed by atoms with Crippen LogP contribution in [0.1, 0.15) is 69.0 Å². The minimum Gasteiger partial charge on any atom is -0.507 e. The van der Waals surface area contributed by atoms with Crippen molar-refractivity contribution >= 4 is 40.3 Å². The van der Waals surface area contributed by atoms with Crippen LogP contribution in [0.4, 0.5) is 17.2 Å². The van der Waals surface area contributed by atoms with Gasteiger partial charge < -0.3 is 54.9 Å². The van der Waals surface area contributed by atoms with Gasteiger partial charge in [-0.3, -0.25) is 19.4 Å². The SMILES string of the molecule is CC(C)C(C(=O)N1C[C@H](O)C[C@H]1C(=O)N[C@@H](C)c1ccc(-c2scnc2CN(C)C)cc1)c1cc(OCCN2CCN(CCOc3cc(N4C5CCC4CN(c4cc(-c6ccccc6O)nnc4N)C5)ccn3)CC2)no1. The van der Waals surface area contributed by atoms with Crippen LogP contribution in [0, 0.1) is 5.92 Å². The summed E-state index contributed by atoms with van der Waals surface area (Å²) in [7, 11) is 4.04. The molecule has 3 unspecified atom stereocenters. The van der Waals surface area contributed by atoms with Crippen molar-refractivity contribution in [2.45, 2.75) is 82.8 Å². The number of amides is 2. The molecule has 4 aromatic heterocycles. The van der Waals surface area contributed by atoms with Gasteiger partial charge in [0.25, 0.3) is 5.88 Å². The number of nitrogens with zero attached hydrogens (tertiary/aromatic N) is 11. The summed E-state index contributed by atoms with van der Waals surface area (Å²) in [6, 6.07) is 22.4. The van der Waals surface area contributed by atoms with Gasteiger partial charge in [-0.2, -0.15) is 0 Å². The van der Waals surface area contributed by atoms with Crippen LogP contribution in [0.25, 0.3) is 21.7 Å². The summed E-state index contributed by atoms with van der Waals surface area (Å²) in [5, 5.41) is 37.0. The number of likely N-dealkylation sites (tertiary alicyclic amines) is 1. The molecule has 5 N–H and O–H groups in total. The number of anilines is 3. The minimum absolute atomic E-state index is 0.0478. The molecule has 8 heterocycles. The van der Waals surface area contributed by atoms with Crippen LogP contribution < -0.4 is 30.3 Å². The predicted octanol–water partition coefficient (Wildman–Crippen LogP) is 5.51. The van der Waals surface area contributed by atoms with E-state index in [1.807, 2.05) is 89.0 Å². The van der Waals surface area contributed by atoms with Gasteiger partial charge in [0, 0.05) is 114 Å². The third-order valence-corrected chi connectivity index (χ3v) is 16.3. The molecule has 2 aromatic carbocycles. The molecule has 2 bridgehead atoms. The highest BCUT2D eigenvalue weighted by Crippen LogP contribution is 2.40. The summed E-state index contributed by atoms with van der Waals surface area (Å²) in [6.45, 7) is 14.1. The Bertz CT molecular complexity index is 2950. The van der Waals surface area contributed by atoms with Gasteiger partial charge in [0.15, 0.2) is 11.6 Å². The molecule has 408 valence electrons. The van der Waals surface area contributed by atoms with E-state index in [2.05, 4.69) is 67.3 Å². The molecular weight excluding hydrogens is 999 g/mol. The van der Waals surface area contributed by atoms with Crippen molar-refractivity contribution in [1.82, 2.24) is 50.2 Å². The van der Waals surface area contributed by atoms with Crippen molar-refractivity contribution in [2.24, 2.45) is 5.92 Å². The Morgan fingerprint density at radius 2 is 1.58 bits per heavy atom. The molecule has 77 heavy (non-hydrogen) atoms. The maximum atomic E-state index is 14.3. The number of para-hydroxylation sites is 1.